The van der Waals surface area contributed by atoms with Crippen molar-refractivity contribution in [1.29, 1.82) is 0 Å². The van der Waals surface area contributed by atoms with E-state index in [0.717, 1.165) is 5.56 Å². The van der Waals surface area contributed by atoms with Crippen LogP contribution in [0.4, 0.5) is 0 Å². The van der Waals surface area contributed by atoms with Crippen molar-refractivity contribution >= 4 is 40.3 Å². The van der Waals surface area contributed by atoms with E-state index in [1.54, 1.807) is 30.3 Å². The third-order valence-corrected chi connectivity index (χ3v) is 4.31. The summed E-state index contributed by atoms with van der Waals surface area (Å²) in [6.45, 7) is 0. The van der Waals surface area contributed by atoms with Crippen LogP contribution in [-0.4, -0.2) is 26.7 Å². The molecule has 0 bridgehead atoms. The quantitative estimate of drug-likeness (QED) is 0.745. The normalized spacial score (nSPS) is 19.4. The van der Waals surface area contributed by atoms with Crippen LogP contribution in [0.3, 0.4) is 0 Å². The van der Waals surface area contributed by atoms with Gasteiger partial charge in [-0.3, -0.25) is 0 Å². The van der Waals surface area contributed by atoms with Crippen molar-refractivity contribution in [2.75, 3.05) is 0 Å². The van der Waals surface area contributed by atoms with Gasteiger partial charge >= 0.3 is 5.97 Å². The van der Waals surface area contributed by atoms with Crippen LogP contribution in [-0.2, 0) is 0 Å². The van der Waals surface area contributed by atoms with Gasteiger partial charge in [0.25, 0.3) is 0 Å². The van der Waals surface area contributed by atoms with Gasteiger partial charge in [-0.05, 0) is 30.3 Å². The fourth-order valence-corrected chi connectivity index (χ4v) is 3.12. The lowest BCUT2D eigenvalue weighted by atomic mass is 10.1. The highest BCUT2D eigenvalue weighted by Gasteiger charge is 2.22. The Morgan fingerprint density at radius 3 is 2.59 bits per heavy atom. The van der Waals surface area contributed by atoms with E-state index in [9.17, 15) is 9.90 Å². The van der Waals surface area contributed by atoms with Gasteiger partial charge in [0.1, 0.15) is 15.8 Å². The lowest BCUT2D eigenvalue weighted by molar-refractivity contribution is 0.0697. The van der Waals surface area contributed by atoms with Crippen molar-refractivity contribution in [1.82, 2.24) is 5.32 Å². The molecule has 1 atom stereocenters. The zero-order valence-electron chi connectivity index (χ0n) is 11.1. The summed E-state index contributed by atoms with van der Waals surface area (Å²) < 4.78 is 6.22. The largest absolute Gasteiger partial charge is 0.478 e. The molecule has 1 aliphatic rings. The molecule has 1 saturated heterocycles. The lowest BCUT2D eigenvalue weighted by Crippen LogP contribution is -2.23. The number of aromatic carboxylic acids is 1. The molecule has 1 aromatic carbocycles. The SMILES string of the molecule is O=C(O)c1ccc(-c2ccc(/C=C3/SC(=S)NC3O)o2)cc1. The first-order chi connectivity index (χ1) is 10.5. The number of carbonyl (C=O) groups is 1. The molecule has 1 unspecified atom stereocenters. The molecule has 0 amide bonds. The van der Waals surface area contributed by atoms with Gasteiger partial charge in [-0.25, -0.2) is 4.79 Å². The minimum absolute atomic E-state index is 0.225. The van der Waals surface area contributed by atoms with Crippen molar-refractivity contribution < 1.29 is 19.4 Å². The Labute approximate surface area is 135 Å². The molecule has 1 fully saturated rings. The number of carboxylic acid groups (broad SMARTS) is 1. The molecular formula is C15H11NO4S2. The molecule has 0 radical (unpaired) electrons. The van der Waals surface area contributed by atoms with E-state index >= 15 is 0 Å². The Balaban J connectivity index is 1.83. The maximum Gasteiger partial charge on any atom is 0.335 e. The zero-order chi connectivity index (χ0) is 15.7. The molecule has 0 aliphatic carbocycles. The van der Waals surface area contributed by atoms with E-state index < -0.39 is 12.2 Å². The second-order valence-corrected chi connectivity index (χ2v) is 6.32. The van der Waals surface area contributed by atoms with E-state index in [0.29, 0.717) is 20.7 Å². The number of aliphatic hydroxyl groups is 1. The van der Waals surface area contributed by atoms with Crippen LogP contribution in [0.25, 0.3) is 17.4 Å². The molecule has 0 spiro atoms. The van der Waals surface area contributed by atoms with Crippen LogP contribution in [0.2, 0.25) is 0 Å². The highest BCUT2D eigenvalue weighted by atomic mass is 32.2. The average molecular weight is 333 g/mol. The summed E-state index contributed by atoms with van der Waals surface area (Å²) >= 11 is 6.26. The maximum absolute atomic E-state index is 10.8. The smallest absolute Gasteiger partial charge is 0.335 e. The number of benzene rings is 1. The Bertz CT molecular complexity index is 764. The van der Waals surface area contributed by atoms with Crippen molar-refractivity contribution in [2.45, 2.75) is 6.23 Å². The van der Waals surface area contributed by atoms with E-state index in [1.165, 1.54) is 23.9 Å². The van der Waals surface area contributed by atoms with Crippen LogP contribution < -0.4 is 5.32 Å². The molecule has 2 heterocycles. The first-order valence-corrected chi connectivity index (χ1v) is 7.57. The second kappa shape index (κ2) is 5.96. The highest BCUT2D eigenvalue weighted by molar-refractivity contribution is 8.26. The number of furan rings is 1. The fourth-order valence-electron chi connectivity index (χ4n) is 1.99. The van der Waals surface area contributed by atoms with E-state index in [4.69, 9.17) is 21.7 Å². The van der Waals surface area contributed by atoms with Gasteiger partial charge in [-0.15, -0.1) is 0 Å². The number of nitrogens with one attached hydrogen (secondary N) is 1. The standard InChI is InChI=1S/C15H11NO4S2/c17-13-12(22-15(21)16-13)7-10-5-6-11(20-10)8-1-3-9(4-2-8)14(18)19/h1-7,13,17H,(H,16,21)(H,18,19)/b12-7+. The number of thiocarbonyl (C=S) groups is 1. The van der Waals surface area contributed by atoms with Crippen molar-refractivity contribution in [3.05, 3.63) is 52.6 Å². The van der Waals surface area contributed by atoms with Crippen LogP contribution in [0.15, 0.2) is 45.7 Å². The summed E-state index contributed by atoms with van der Waals surface area (Å²) in [5, 5.41) is 21.4. The predicted molar refractivity (Wildman–Crippen MR) is 88.4 cm³/mol. The minimum atomic E-state index is -0.966. The number of aliphatic hydroxyl groups excluding tert-OH is 1. The van der Waals surface area contributed by atoms with Crippen LogP contribution >= 0.6 is 24.0 Å². The third-order valence-electron chi connectivity index (χ3n) is 3.06. The van der Waals surface area contributed by atoms with Gasteiger partial charge in [-0.2, -0.15) is 0 Å². The van der Waals surface area contributed by atoms with Gasteiger partial charge in [0.05, 0.1) is 5.56 Å². The Hall–Kier alpha value is -2.09. The number of rotatable bonds is 3. The van der Waals surface area contributed by atoms with E-state index in [2.05, 4.69) is 5.32 Å². The average Bonchev–Trinajstić information content (AvgIpc) is 3.06. The molecule has 3 N–H and O–H groups in total. The van der Waals surface area contributed by atoms with Gasteiger partial charge < -0.3 is 19.9 Å². The zero-order valence-corrected chi connectivity index (χ0v) is 12.8. The third kappa shape index (κ3) is 3.06. The number of carboxylic acids is 1. The molecule has 1 aliphatic heterocycles. The fraction of sp³-hybridized carbons (Fsp3) is 0.0667. The lowest BCUT2D eigenvalue weighted by Gasteiger charge is -2.01. The number of hydrogen-bond acceptors (Lipinski definition) is 5. The first-order valence-electron chi connectivity index (χ1n) is 6.34. The van der Waals surface area contributed by atoms with Gasteiger partial charge in [0, 0.05) is 10.5 Å². The van der Waals surface area contributed by atoms with E-state index in [-0.39, 0.29) is 5.56 Å². The molecule has 22 heavy (non-hydrogen) atoms. The van der Waals surface area contributed by atoms with E-state index in [1.807, 2.05) is 0 Å². The van der Waals surface area contributed by atoms with Crippen LogP contribution in [0.5, 0.6) is 0 Å². The monoisotopic (exact) mass is 333 g/mol. The summed E-state index contributed by atoms with van der Waals surface area (Å²) in [4.78, 5) is 11.5. The number of hydrogen-bond donors (Lipinski definition) is 3. The van der Waals surface area contributed by atoms with Crippen molar-refractivity contribution in [3.63, 3.8) is 0 Å². The Morgan fingerprint density at radius 1 is 1.27 bits per heavy atom. The van der Waals surface area contributed by atoms with Crippen LogP contribution in [0, 0.1) is 0 Å². The molecule has 1 aromatic heterocycles. The summed E-state index contributed by atoms with van der Waals surface area (Å²) in [6, 6.07) is 10.0. The highest BCUT2D eigenvalue weighted by Crippen LogP contribution is 2.30. The van der Waals surface area contributed by atoms with Crippen molar-refractivity contribution in [3.8, 4) is 11.3 Å². The number of thioether (sulfide) groups is 1. The molecule has 112 valence electrons. The van der Waals surface area contributed by atoms with Gasteiger partial charge in [-0.1, -0.05) is 36.1 Å². The molecular weight excluding hydrogens is 322 g/mol. The Kier molecular flexibility index (Phi) is 4.02. The van der Waals surface area contributed by atoms with Gasteiger partial charge in [0.15, 0.2) is 6.23 Å². The molecule has 2 aromatic rings. The molecule has 5 nitrogen and oxygen atoms in total. The minimum Gasteiger partial charge on any atom is -0.478 e. The second-order valence-electron chi connectivity index (χ2n) is 4.57. The maximum atomic E-state index is 10.8. The Morgan fingerprint density at radius 2 is 2.00 bits per heavy atom. The van der Waals surface area contributed by atoms with Crippen molar-refractivity contribution in [2.24, 2.45) is 0 Å². The topological polar surface area (TPSA) is 82.7 Å². The summed E-state index contributed by atoms with van der Waals surface area (Å²) in [5.41, 5.74) is 1.01. The summed E-state index contributed by atoms with van der Waals surface area (Å²) in [6.07, 6.45) is 0.914. The molecule has 0 saturated carbocycles. The molecule has 7 heteroatoms. The molecule has 3 rings (SSSR count). The predicted octanol–water partition coefficient (Wildman–Crippen LogP) is 2.93. The van der Waals surface area contributed by atoms with Gasteiger partial charge in [0.2, 0.25) is 0 Å². The summed E-state index contributed by atoms with van der Waals surface area (Å²) in [5.74, 6) is 0.245. The first kappa shape index (κ1) is 14.8. The van der Waals surface area contributed by atoms with Crippen LogP contribution in [0.1, 0.15) is 16.1 Å². The summed E-state index contributed by atoms with van der Waals surface area (Å²) in [7, 11) is 0.